The molecule has 0 bridgehead atoms. The molecule has 3 unspecified atom stereocenters. The van der Waals surface area contributed by atoms with Crippen LogP contribution in [0.4, 0.5) is 0 Å². The van der Waals surface area contributed by atoms with Gasteiger partial charge in [-0.15, -0.1) is 0 Å². The molecule has 0 saturated carbocycles. The highest BCUT2D eigenvalue weighted by Crippen LogP contribution is 2.57. The second-order valence-electron chi connectivity index (χ2n) is 6.40. The van der Waals surface area contributed by atoms with Gasteiger partial charge >= 0.3 is 0 Å². The Kier molecular flexibility index (Phi) is 2.24. The van der Waals surface area contributed by atoms with E-state index in [9.17, 15) is 10.2 Å². The summed E-state index contributed by atoms with van der Waals surface area (Å²) in [5, 5.41) is 19.4. The second kappa shape index (κ2) is 3.78. The third kappa shape index (κ3) is 1.51. The molecule has 2 nitrogen and oxygen atoms in total. The van der Waals surface area contributed by atoms with E-state index >= 15 is 0 Å². The van der Waals surface area contributed by atoms with E-state index in [1.165, 1.54) is 16.7 Å². The first-order valence-corrected chi connectivity index (χ1v) is 7.21. The summed E-state index contributed by atoms with van der Waals surface area (Å²) >= 11 is 0. The van der Waals surface area contributed by atoms with Crippen molar-refractivity contribution in [2.45, 2.75) is 25.7 Å². The highest BCUT2D eigenvalue weighted by atomic mass is 16.3. The van der Waals surface area contributed by atoms with Gasteiger partial charge in [-0.2, -0.15) is 0 Å². The highest BCUT2D eigenvalue weighted by Gasteiger charge is 2.47. The van der Waals surface area contributed by atoms with Gasteiger partial charge in [-0.05, 0) is 59.7 Å². The lowest BCUT2D eigenvalue weighted by Crippen LogP contribution is -2.20. The first-order valence-electron chi connectivity index (χ1n) is 7.21. The Bertz CT molecular complexity index is 681. The van der Waals surface area contributed by atoms with Crippen molar-refractivity contribution in [1.29, 1.82) is 0 Å². The lowest BCUT2D eigenvalue weighted by atomic mass is 9.75. The zero-order chi connectivity index (χ0) is 13.9. The van der Waals surface area contributed by atoms with Crippen molar-refractivity contribution >= 4 is 0 Å². The van der Waals surface area contributed by atoms with Crippen LogP contribution in [0.1, 0.15) is 30.4 Å². The normalized spacial score (nSPS) is 33.9. The average molecular weight is 266 g/mol. The molecule has 102 valence electrons. The molecule has 0 aliphatic heterocycles. The molecule has 1 spiro atoms. The molecular formula is C18H18O2. The first kappa shape index (κ1) is 11.8. The maximum atomic E-state index is 9.72. The number of hydrogen-bond acceptors (Lipinski definition) is 2. The standard InChI is InChI=1S/C18H18O2/c1-11-17-7-16(20)5-3-13(17)9-18(11)8-12-2-4-15(19)6-14(12)10-18/h2-7,10-12,19-20H,8-9H2,1H3. The van der Waals surface area contributed by atoms with Crippen LogP contribution in [0.2, 0.25) is 0 Å². The molecule has 0 fully saturated rings. The second-order valence-corrected chi connectivity index (χ2v) is 6.40. The molecule has 2 heteroatoms. The first-order chi connectivity index (χ1) is 9.57. The SMILES string of the molecule is CC1c2cc(O)ccc2CC12C=C1C=C(O)C=CC1C2. The Balaban J connectivity index is 1.77. The van der Waals surface area contributed by atoms with Gasteiger partial charge in [-0.25, -0.2) is 0 Å². The van der Waals surface area contributed by atoms with Crippen LogP contribution in [-0.2, 0) is 6.42 Å². The number of phenolic OH excluding ortho intramolecular Hbond substituents is 1. The van der Waals surface area contributed by atoms with Crippen molar-refractivity contribution in [2.75, 3.05) is 0 Å². The van der Waals surface area contributed by atoms with Crippen molar-refractivity contribution < 1.29 is 10.2 Å². The number of fused-ring (bicyclic) bond motifs is 2. The molecule has 0 radical (unpaired) electrons. The van der Waals surface area contributed by atoms with Gasteiger partial charge in [0.1, 0.15) is 11.5 Å². The average Bonchev–Trinajstić information content (AvgIpc) is 2.89. The van der Waals surface area contributed by atoms with E-state index in [4.69, 9.17) is 0 Å². The van der Waals surface area contributed by atoms with Crippen LogP contribution >= 0.6 is 0 Å². The summed E-state index contributed by atoms with van der Waals surface area (Å²) in [5.74, 6) is 1.54. The molecule has 4 rings (SSSR count). The van der Waals surface area contributed by atoms with E-state index in [0.717, 1.165) is 12.8 Å². The number of phenols is 1. The van der Waals surface area contributed by atoms with Crippen molar-refractivity contribution in [3.05, 3.63) is 65.0 Å². The topological polar surface area (TPSA) is 40.5 Å². The smallest absolute Gasteiger partial charge is 0.115 e. The van der Waals surface area contributed by atoms with Gasteiger partial charge < -0.3 is 10.2 Å². The van der Waals surface area contributed by atoms with Gasteiger partial charge in [0.25, 0.3) is 0 Å². The van der Waals surface area contributed by atoms with Gasteiger partial charge in [-0.1, -0.05) is 25.1 Å². The molecule has 3 atom stereocenters. The fraction of sp³-hybridized carbons (Fsp3) is 0.333. The van der Waals surface area contributed by atoms with E-state index in [1.807, 2.05) is 12.1 Å². The number of rotatable bonds is 0. The minimum absolute atomic E-state index is 0.140. The Labute approximate surface area is 118 Å². The summed E-state index contributed by atoms with van der Waals surface area (Å²) in [6, 6.07) is 5.75. The van der Waals surface area contributed by atoms with E-state index in [1.54, 1.807) is 12.1 Å². The van der Waals surface area contributed by atoms with Crippen LogP contribution in [0.3, 0.4) is 0 Å². The number of allylic oxidation sites excluding steroid dienone is 5. The number of aliphatic hydroxyl groups excluding tert-OH is 1. The summed E-state index contributed by atoms with van der Waals surface area (Å²) in [4.78, 5) is 0. The monoisotopic (exact) mass is 266 g/mol. The van der Waals surface area contributed by atoms with Crippen molar-refractivity contribution in [1.82, 2.24) is 0 Å². The molecule has 1 aromatic rings. The molecule has 3 aliphatic carbocycles. The predicted octanol–water partition coefficient (Wildman–Crippen LogP) is 4.00. The zero-order valence-electron chi connectivity index (χ0n) is 11.5. The number of aliphatic hydroxyl groups is 1. The maximum Gasteiger partial charge on any atom is 0.115 e. The predicted molar refractivity (Wildman–Crippen MR) is 78.7 cm³/mol. The van der Waals surface area contributed by atoms with Crippen LogP contribution < -0.4 is 0 Å². The van der Waals surface area contributed by atoms with E-state index in [0.29, 0.717) is 23.3 Å². The summed E-state index contributed by atoms with van der Waals surface area (Å²) in [7, 11) is 0. The summed E-state index contributed by atoms with van der Waals surface area (Å²) in [6.07, 6.45) is 10.3. The van der Waals surface area contributed by atoms with Gasteiger partial charge in [0.15, 0.2) is 0 Å². The van der Waals surface area contributed by atoms with Crippen LogP contribution in [0.25, 0.3) is 0 Å². The van der Waals surface area contributed by atoms with Crippen molar-refractivity contribution in [3.8, 4) is 5.75 Å². The fourth-order valence-electron chi connectivity index (χ4n) is 4.18. The largest absolute Gasteiger partial charge is 0.508 e. The summed E-state index contributed by atoms with van der Waals surface area (Å²) < 4.78 is 0. The van der Waals surface area contributed by atoms with Gasteiger partial charge in [0, 0.05) is 11.3 Å². The summed E-state index contributed by atoms with van der Waals surface area (Å²) in [5.41, 5.74) is 4.01. The number of hydrogen-bond donors (Lipinski definition) is 2. The quantitative estimate of drug-likeness (QED) is 0.745. The Morgan fingerprint density at radius 3 is 2.95 bits per heavy atom. The van der Waals surface area contributed by atoms with Gasteiger partial charge in [-0.3, -0.25) is 0 Å². The summed E-state index contributed by atoms with van der Waals surface area (Å²) in [6.45, 7) is 2.26. The molecule has 0 heterocycles. The third-order valence-corrected chi connectivity index (χ3v) is 5.27. The maximum absolute atomic E-state index is 9.72. The van der Waals surface area contributed by atoms with Crippen LogP contribution in [0, 0.1) is 11.3 Å². The third-order valence-electron chi connectivity index (χ3n) is 5.27. The van der Waals surface area contributed by atoms with Crippen LogP contribution in [-0.4, -0.2) is 10.2 Å². The molecule has 3 aliphatic rings. The van der Waals surface area contributed by atoms with E-state index in [2.05, 4.69) is 25.1 Å². The van der Waals surface area contributed by atoms with Crippen molar-refractivity contribution in [2.24, 2.45) is 11.3 Å². The minimum Gasteiger partial charge on any atom is -0.508 e. The molecule has 20 heavy (non-hydrogen) atoms. The van der Waals surface area contributed by atoms with Gasteiger partial charge in [0.05, 0.1) is 0 Å². The molecule has 0 amide bonds. The highest BCUT2D eigenvalue weighted by molar-refractivity contribution is 5.49. The Morgan fingerprint density at radius 2 is 2.10 bits per heavy atom. The van der Waals surface area contributed by atoms with Crippen LogP contribution in [0.15, 0.2) is 53.8 Å². The van der Waals surface area contributed by atoms with E-state index < -0.39 is 0 Å². The molecule has 0 saturated heterocycles. The molecule has 1 aromatic carbocycles. The van der Waals surface area contributed by atoms with Crippen molar-refractivity contribution in [3.63, 3.8) is 0 Å². The molecule has 2 N–H and O–H groups in total. The van der Waals surface area contributed by atoms with Crippen LogP contribution in [0.5, 0.6) is 5.75 Å². The van der Waals surface area contributed by atoms with Gasteiger partial charge in [0.2, 0.25) is 0 Å². The zero-order valence-corrected chi connectivity index (χ0v) is 11.5. The Hall–Kier alpha value is -1.96. The fourth-order valence-corrected chi connectivity index (χ4v) is 4.18. The van der Waals surface area contributed by atoms with E-state index in [-0.39, 0.29) is 5.41 Å². The molecular weight excluding hydrogens is 248 g/mol. The number of benzene rings is 1. The number of aromatic hydroxyl groups is 1. The Morgan fingerprint density at radius 1 is 1.25 bits per heavy atom. The lowest BCUT2D eigenvalue weighted by Gasteiger charge is -2.28. The minimum atomic E-state index is 0.140. The lowest BCUT2D eigenvalue weighted by molar-refractivity contribution is 0.319. The molecule has 0 aromatic heterocycles.